The van der Waals surface area contributed by atoms with E-state index in [-0.39, 0.29) is 17.3 Å². The number of rotatable bonds is 8. The van der Waals surface area contributed by atoms with E-state index in [1.807, 2.05) is 24.7 Å². The summed E-state index contributed by atoms with van der Waals surface area (Å²) in [6.07, 6.45) is 8.03. The van der Waals surface area contributed by atoms with Gasteiger partial charge in [-0.05, 0) is 74.7 Å². The molecule has 1 atom stereocenters. The first-order chi connectivity index (χ1) is 22.4. The molecule has 0 aliphatic carbocycles. The second kappa shape index (κ2) is 12.3. The van der Waals surface area contributed by atoms with E-state index in [0.29, 0.717) is 43.7 Å². The fourth-order valence-corrected chi connectivity index (χ4v) is 6.75. The number of hydrogen-bond acceptors (Lipinski definition) is 8. The van der Waals surface area contributed by atoms with Crippen LogP contribution < -0.4 is 4.90 Å². The molecule has 7 rings (SSSR count). The van der Waals surface area contributed by atoms with Crippen LogP contribution in [0.4, 0.5) is 10.2 Å². The zero-order valence-electron chi connectivity index (χ0n) is 25.6. The van der Waals surface area contributed by atoms with E-state index in [2.05, 4.69) is 35.8 Å². The quantitative estimate of drug-likeness (QED) is 0.262. The summed E-state index contributed by atoms with van der Waals surface area (Å²) in [7, 11) is 0. The first-order valence-electron chi connectivity index (χ1n) is 15.6. The van der Waals surface area contributed by atoms with Gasteiger partial charge < -0.3 is 19.1 Å². The van der Waals surface area contributed by atoms with Crippen molar-refractivity contribution < 1.29 is 14.3 Å². The normalized spacial score (nSPS) is 16.8. The zero-order valence-corrected chi connectivity index (χ0v) is 25.6. The largest absolute Gasteiger partial charge is 0.478 e. The molecule has 2 aliphatic rings. The number of fused-ring (bicyclic) bond motifs is 2. The summed E-state index contributed by atoms with van der Waals surface area (Å²) in [4.78, 5) is 35.2. The number of benzene rings is 2. The van der Waals surface area contributed by atoms with Crippen molar-refractivity contribution in [3.05, 3.63) is 101 Å². The topological polar surface area (TPSA) is 129 Å². The molecule has 5 aromatic rings. The molecule has 3 aromatic heterocycles. The number of piperidine rings is 1. The lowest BCUT2D eigenvalue weighted by molar-refractivity contribution is 0.0697. The smallest absolute Gasteiger partial charge is 0.335 e. The maximum absolute atomic E-state index is 14.8. The van der Waals surface area contributed by atoms with Gasteiger partial charge in [-0.1, -0.05) is 0 Å². The fraction of sp³-hybridized carbons (Fsp3) is 0.353. The maximum Gasteiger partial charge on any atom is 0.335 e. The highest BCUT2D eigenvalue weighted by atomic mass is 19.1. The van der Waals surface area contributed by atoms with Gasteiger partial charge in [-0.15, -0.1) is 0 Å². The predicted octanol–water partition coefficient (Wildman–Crippen LogP) is 4.74. The van der Waals surface area contributed by atoms with Gasteiger partial charge in [0, 0.05) is 50.1 Å². The minimum atomic E-state index is -0.970. The van der Waals surface area contributed by atoms with Crippen molar-refractivity contribution in [2.75, 3.05) is 24.5 Å². The number of nitriles is 1. The van der Waals surface area contributed by atoms with Crippen LogP contribution in [0.1, 0.15) is 70.1 Å². The van der Waals surface area contributed by atoms with Crippen LogP contribution in [-0.2, 0) is 32.6 Å². The number of carboxylic acid groups (broad SMARTS) is 1. The average molecular weight is 620 g/mol. The monoisotopic (exact) mass is 619 g/mol. The molecule has 1 fully saturated rings. The van der Waals surface area contributed by atoms with E-state index in [4.69, 9.17) is 9.97 Å². The van der Waals surface area contributed by atoms with E-state index in [9.17, 15) is 19.6 Å². The highest BCUT2D eigenvalue weighted by molar-refractivity contribution is 5.92. The molecule has 1 N–H and O–H groups in total. The van der Waals surface area contributed by atoms with Crippen molar-refractivity contribution in [1.82, 2.24) is 34.0 Å². The van der Waals surface area contributed by atoms with Crippen molar-refractivity contribution in [2.24, 2.45) is 0 Å². The van der Waals surface area contributed by atoms with E-state index in [0.717, 1.165) is 72.2 Å². The van der Waals surface area contributed by atoms with Crippen LogP contribution in [0, 0.1) is 17.1 Å². The summed E-state index contributed by atoms with van der Waals surface area (Å²) in [6.45, 7) is 6.73. The summed E-state index contributed by atoms with van der Waals surface area (Å²) >= 11 is 0. The molecule has 46 heavy (non-hydrogen) atoms. The second-order valence-electron chi connectivity index (χ2n) is 12.0. The van der Waals surface area contributed by atoms with Crippen molar-refractivity contribution in [3.63, 3.8) is 0 Å². The summed E-state index contributed by atoms with van der Waals surface area (Å²) in [6, 6.07) is 12.1. The Morgan fingerprint density at radius 1 is 1.15 bits per heavy atom. The first-order valence-corrected chi connectivity index (χ1v) is 15.6. The van der Waals surface area contributed by atoms with Gasteiger partial charge in [-0.3, -0.25) is 4.90 Å². The molecule has 0 amide bonds. The lowest BCUT2D eigenvalue weighted by Gasteiger charge is -2.33. The van der Waals surface area contributed by atoms with E-state index < -0.39 is 5.97 Å². The van der Waals surface area contributed by atoms with Crippen LogP contribution >= 0.6 is 0 Å². The Bertz CT molecular complexity index is 1980. The number of aromatic carboxylic acids is 1. The minimum absolute atomic E-state index is 0.124. The van der Waals surface area contributed by atoms with Gasteiger partial charge in [0.2, 0.25) is 0 Å². The number of imidazole rings is 2. The van der Waals surface area contributed by atoms with Gasteiger partial charge >= 0.3 is 5.97 Å². The highest BCUT2D eigenvalue weighted by Crippen LogP contribution is 2.30. The Kier molecular flexibility index (Phi) is 7.92. The SMILES string of the molecule is CCn1cncc1Cn1c(CN2CCC[C@@H](c3nccc(N4CCc5cc(C#N)cc(F)c5C4)n3)C2)nc2ccc(C(=O)O)cc21. The van der Waals surface area contributed by atoms with Crippen molar-refractivity contribution in [2.45, 2.75) is 58.3 Å². The van der Waals surface area contributed by atoms with Crippen molar-refractivity contribution >= 4 is 22.8 Å². The highest BCUT2D eigenvalue weighted by Gasteiger charge is 2.27. The summed E-state index contributed by atoms with van der Waals surface area (Å²) in [5.74, 6) is 1.23. The number of halogens is 1. The molecule has 234 valence electrons. The van der Waals surface area contributed by atoms with Crippen LogP contribution in [0.3, 0.4) is 0 Å². The molecular formula is C34H34FN9O2. The van der Waals surface area contributed by atoms with E-state index >= 15 is 0 Å². The Labute approximate surface area is 265 Å². The van der Waals surface area contributed by atoms with Gasteiger partial charge in [-0.2, -0.15) is 5.26 Å². The molecule has 0 spiro atoms. The first kappa shape index (κ1) is 29.6. The minimum Gasteiger partial charge on any atom is -0.478 e. The summed E-state index contributed by atoms with van der Waals surface area (Å²) in [5, 5.41) is 18.9. The van der Waals surface area contributed by atoms with Gasteiger partial charge in [-0.25, -0.2) is 29.1 Å². The number of hydrogen-bond donors (Lipinski definition) is 1. The third-order valence-corrected chi connectivity index (χ3v) is 9.17. The third-order valence-electron chi connectivity index (χ3n) is 9.17. The Morgan fingerprint density at radius 2 is 2.04 bits per heavy atom. The van der Waals surface area contributed by atoms with Gasteiger partial charge in [0.1, 0.15) is 23.3 Å². The molecule has 1 saturated heterocycles. The van der Waals surface area contributed by atoms with Crippen LogP contribution in [0.15, 0.2) is 55.1 Å². The second-order valence-corrected chi connectivity index (χ2v) is 12.0. The lowest BCUT2D eigenvalue weighted by Crippen LogP contribution is -2.36. The average Bonchev–Trinajstić information content (AvgIpc) is 3.68. The number of likely N-dealkylation sites (tertiary alicyclic amines) is 1. The Morgan fingerprint density at radius 3 is 2.87 bits per heavy atom. The molecule has 2 aromatic carbocycles. The lowest BCUT2D eigenvalue weighted by atomic mass is 9.96. The molecule has 0 radical (unpaired) electrons. The molecule has 0 saturated carbocycles. The number of aromatic nitrogens is 6. The van der Waals surface area contributed by atoms with Crippen LogP contribution in [0.2, 0.25) is 0 Å². The summed E-state index contributed by atoms with van der Waals surface area (Å²) < 4.78 is 19.0. The number of aryl methyl sites for hydroxylation is 1. The Balaban J connectivity index is 1.12. The van der Waals surface area contributed by atoms with Gasteiger partial charge in [0.25, 0.3) is 0 Å². The molecule has 12 heteroatoms. The predicted molar refractivity (Wildman–Crippen MR) is 169 cm³/mol. The van der Waals surface area contributed by atoms with Crippen LogP contribution in [0.5, 0.6) is 0 Å². The molecule has 0 bridgehead atoms. The van der Waals surface area contributed by atoms with Gasteiger partial charge in [0.05, 0.1) is 53.3 Å². The zero-order chi connectivity index (χ0) is 31.8. The number of nitrogens with zero attached hydrogens (tertiary/aromatic N) is 9. The summed E-state index contributed by atoms with van der Waals surface area (Å²) in [5.41, 5.74) is 4.65. The molecule has 11 nitrogen and oxygen atoms in total. The number of anilines is 1. The van der Waals surface area contributed by atoms with E-state index in [1.54, 1.807) is 30.5 Å². The van der Waals surface area contributed by atoms with Gasteiger partial charge in [0.15, 0.2) is 0 Å². The molecule has 2 aliphatic heterocycles. The number of carbonyl (C=O) groups is 1. The van der Waals surface area contributed by atoms with E-state index in [1.165, 1.54) is 6.07 Å². The molecule has 5 heterocycles. The van der Waals surface area contributed by atoms with Crippen molar-refractivity contribution in [1.29, 1.82) is 5.26 Å². The van der Waals surface area contributed by atoms with Crippen LogP contribution in [-0.4, -0.2) is 64.7 Å². The third kappa shape index (κ3) is 5.70. The maximum atomic E-state index is 14.8. The van der Waals surface area contributed by atoms with Crippen LogP contribution in [0.25, 0.3) is 11.0 Å². The number of carboxylic acids is 1. The van der Waals surface area contributed by atoms with Crippen molar-refractivity contribution in [3.8, 4) is 6.07 Å². The standard InChI is InChI=1S/C34H34FN9O2/c1-2-42-21-37-16-26(42)18-44-30-14-24(34(45)46)5-6-29(30)39-32(44)20-41-10-3-4-25(17-41)33-38-9-7-31(40-33)43-11-8-23-12-22(15-36)13-28(35)27(23)19-43/h5-7,9,12-14,16,21,25H,2-4,8,10-11,17-20H2,1H3,(H,45,46)/t25-/m1/s1. The fourth-order valence-electron chi connectivity index (χ4n) is 6.75. The molecular weight excluding hydrogens is 585 g/mol. The molecule has 0 unspecified atom stereocenters. The Hall–Kier alpha value is -5.15.